The van der Waals surface area contributed by atoms with Crippen LogP contribution < -0.4 is 20.1 Å². The number of likely N-dealkylation sites (N-methyl/N-ethyl adjacent to an activating group) is 1. The lowest BCUT2D eigenvalue weighted by atomic mass is 10.0. The Morgan fingerprint density at radius 3 is 2.92 bits per heavy atom. The van der Waals surface area contributed by atoms with Crippen molar-refractivity contribution < 1.29 is 14.3 Å². The molecule has 0 spiro atoms. The molecule has 26 heavy (non-hydrogen) atoms. The zero-order valence-electron chi connectivity index (χ0n) is 14.2. The molecule has 0 saturated heterocycles. The van der Waals surface area contributed by atoms with Gasteiger partial charge >= 0.3 is 0 Å². The maximum absolute atomic E-state index is 12.9. The lowest BCUT2D eigenvalue weighted by Crippen LogP contribution is -2.39. The van der Waals surface area contributed by atoms with Gasteiger partial charge in [-0.25, -0.2) is 0 Å². The molecule has 1 aromatic carbocycles. The fourth-order valence-corrected chi connectivity index (χ4v) is 5.62. The molecule has 5 rings (SSSR count). The van der Waals surface area contributed by atoms with Gasteiger partial charge < -0.3 is 20.1 Å². The van der Waals surface area contributed by atoms with E-state index in [0.717, 1.165) is 52.4 Å². The first-order valence-corrected chi connectivity index (χ1v) is 10.3. The summed E-state index contributed by atoms with van der Waals surface area (Å²) in [5.41, 5.74) is 2.96. The molecule has 8 heteroatoms. The Labute approximate surface area is 163 Å². The van der Waals surface area contributed by atoms with Crippen LogP contribution in [-0.4, -0.2) is 30.7 Å². The maximum atomic E-state index is 12.9. The van der Waals surface area contributed by atoms with Crippen LogP contribution in [0.3, 0.4) is 0 Å². The van der Waals surface area contributed by atoms with Gasteiger partial charge in [-0.1, -0.05) is 22.9 Å². The van der Waals surface area contributed by atoms with Gasteiger partial charge in [0.25, 0.3) is 5.91 Å². The van der Waals surface area contributed by atoms with Crippen LogP contribution in [-0.2, 0) is 13.0 Å². The Balaban J connectivity index is 1.50. The number of hydrogen-bond donors (Lipinski definition) is 2. The van der Waals surface area contributed by atoms with Crippen LogP contribution in [0.25, 0.3) is 0 Å². The van der Waals surface area contributed by atoms with Gasteiger partial charge in [-0.15, -0.1) is 11.3 Å². The Kier molecular flexibility index (Phi) is 3.88. The van der Waals surface area contributed by atoms with Gasteiger partial charge in [0.2, 0.25) is 6.79 Å². The molecule has 0 saturated carbocycles. The summed E-state index contributed by atoms with van der Waals surface area (Å²) in [4.78, 5) is 16.6. The third-order valence-corrected chi connectivity index (χ3v) is 7.00. The molecule has 1 atom stereocenters. The van der Waals surface area contributed by atoms with E-state index in [2.05, 4.69) is 38.4 Å². The monoisotopic (exact) mass is 435 g/mol. The zero-order chi connectivity index (χ0) is 17.8. The molecule has 6 nitrogen and oxygen atoms in total. The van der Waals surface area contributed by atoms with E-state index in [4.69, 9.17) is 9.47 Å². The van der Waals surface area contributed by atoms with Crippen LogP contribution in [0.5, 0.6) is 11.5 Å². The number of nitrogens with zero attached hydrogens (tertiary/aromatic N) is 1. The number of amides is 1. The first-order valence-electron chi connectivity index (χ1n) is 8.67. The minimum atomic E-state index is -0.304. The summed E-state index contributed by atoms with van der Waals surface area (Å²) < 4.78 is 11.8. The second-order valence-corrected chi connectivity index (χ2v) is 8.56. The summed E-state index contributed by atoms with van der Waals surface area (Å²) in [6.45, 7) is 5.38. The van der Waals surface area contributed by atoms with Crippen molar-refractivity contribution in [2.45, 2.75) is 26.1 Å². The highest BCUT2D eigenvalue weighted by Gasteiger charge is 2.34. The highest BCUT2D eigenvalue weighted by molar-refractivity contribution is 9.10. The molecule has 0 fully saturated rings. The van der Waals surface area contributed by atoms with E-state index >= 15 is 0 Å². The lowest BCUT2D eigenvalue weighted by molar-refractivity contribution is 0.0934. The average Bonchev–Trinajstić information content (AvgIpc) is 3.23. The normalized spacial score (nSPS) is 21.0. The molecule has 136 valence electrons. The highest BCUT2D eigenvalue weighted by atomic mass is 79.9. The number of thiophene rings is 1. The lowest BCUT2D eigenvalue weighted by Gasteiger charge is -2.28. The zero-order valence-corrected chi connectivity index (χ0v) is 16.6. The van der Waals surface area contributed by atoms with Crippen molar-refractivity contribution in [1.82, 2.24) is 10.2 Å². The number of fused-ring (bicyclic) bond motifs is 4. The van der Waals surface area contributed by atoms with Gasteiger partial charge in [-0.3, -0.25) is 9.69 Å². The molecule has 4 heterocycles. The van der Waals surface area contributed by atoms with Crippen LogP contribution in [0.1, 0.15) is 39.5 Å². The number of carbonyl (C=O) groups is 1. The van der Waals surface area contributed by atoms with Crippen molar-refractivity contribution in [3.63, 3.8) is 0 Å². The third-order valence-electron chi connectivity index (χ3n) is 5.16. The molecule has 0 bridgehead atoms. The van der Waals surface area contributed by atoms with Gasteiger partial charge in [0.05, 0.1) is 5.56 Å². The maximum Gasteiger partial charge on any atom is 0.256 e. The number of nitrogens with one attached hydrogen (secondary N) is 2. The smallest absolute Gasteiger partial charge is 0.256 e. The van der Waals surface area contributed by atoms with Gasteiger partial charge in [-0.05, 0) is 30.7 Å². The predicted molar refractivity (Wildman–Crippen MR) is 103 cm³/mol. The van der Waals surface area contributed by atoms with Crippen molar-refractivity contribution in [2.24, 2.45) is 0 Å². The SMILES string of the molecule is CCN1CCc2c(sc3c2C(=O)N[C@H](c2cc4c(cc2Br)OCO4)N3)C1. The summed E-state index contributed by atoms with van der Waals surface area (Å²) in [6, 6.07) is 3.81. The van der Waals surface area contributed by atoms with Crippen LogP contribution in [0, 0.1) is 0 Å². The fraction of sp³-hybridized carbons (Fsp3) is 0.389. The molecule has 3 aliphatic heterocycles. The first-order chi connectivity index (χ1) is 12.6. The largest absolute Gasteiger partial charge is 0.454 e. The molecule has 0 aliphatic carbocycles. The van der Waals surface area contributed by atoms with Crippen molar-refractivity contribution in [1.29, 1.82) is 0 Å². The predicted octanol–water partition coefficient (Wildman–Crippen LogP) is 3.47. The van der Waals surface area contributed by atoms with E-state index in [1.165, 1.54) is 10.4 Å². The number of halogens is 1. The van der Waals surface area contributed by atoms with E-state index in [9.17, 15) is 4.79 Å². The molecule has 1 amide bonds. The second kappa shape index (κ2) is 6.14. The topological polar surface area (TPSA) is 62.8 Å². The van der Waals surface area contributed by atoms with Crippen molar-refractivity contribution in [3.8, 4) is 11.5 Å². The van der Waals surface area contributed by atoms with Crippen LogP contribution in [0.15, 0.2) is 16.6 Å². The Morgan fingerprint density at radius 1 is 1.31 bits per heavy atom. The fourth-order valence-electron chi connectivity index (χ4n) is 3.75. The molecular formula is C18H18BrN3O3S. The minimum absolute atomic E-state index is 0.00392. The van der Waals surface area contributed by atoms with E-state index in [0.29, 0.717) is 5.75 Å². The number of anilines is 1. The average molecular weight is 436 g/mol. The molecular weight excluding hydrogens is 418 g/mol. The van der Waals surface area contributed by atoms with Gasteiger partial charge in [0.15, 0.2) is 11.5 Å². The Bertz CT molecular complexity index is 914. The van der Waals surface area contributed by atoms with Gasteiger partial charge in [0, 0.05) is 28.0 Å². The highest BCUT2D eigenvalue weighted by Crippen LogP contribution is 2.44. The van der Waals surface area contributed by atoms with Crippen LogP contribution in [0.4, 0.5) is 5.00 Å². The summed E-state index contributed by atoms with van der Waals surface area (Å²) >= 11 is 5.29. The molecule has 2 aromatic rings. The minimum Gasteiger partial charge on any atom is -0.454 e. The molecule has 2 N–H and O–H groups in total. The van der Waals surface area contributed by atoms with E-state index in [1.54, 1.807) is 11.3 Å². The number of carbonyl (C=O) groups excluding carboxylic acids is 1. The Hall–Kier alpha value is -1.77. The van der Waals surface area contributed by atoms with Gasteiger partial charge in [-0.2, -0.15) is 0 Å². The van der Waals surface area contributed by atoms with Crippen LogP contribution in [0.2, 0.25) is 0 Å². The summed E-state index contributed by atoms with van der Waals surface area (Å²) in [6.07, 6.45) is 0.629. The first kappa shape index (κ1) is 16.4. The van der Waals surface area contributed by atoms with Gasteiger partial charge in [0.1, 0.15) is 11.2 Å². The van der Waals surface area contributed by atoms with E-state index < -0.39 is 0 Å². The number of ether oxygens (including phenoxy) is 2. The van der Waals surface area contributed by atoms with E-state index in [-0.39, 0.29) is 18.9 Å². The van der Waals surface area contributed by atoms with Crippen LogP contribution >= 0.6 is 27.3 Å². The summed E-state index contributed by atoms with van der Waals surface area (Å²) in [5.74, 6) is 1.42. The second-order valence-electron chi connectivity index (χ2n) is 6.60. The van der Waals surface area contributed by atoms with Crippen molar-refractivity contribution >= 4 is 38.2 Å². The Morgan fingerprint density at radius 2 is 2.12 bits per heavy atom. The van der Waals surface area contributed by atoms with E-state index in [1.807, 2.05) is 12.1 Å². The number of hydrogen-bond acceptors (Lipinski definition) is 6. The number of benzene rings is 1. The quantitative estimate of drug-likeness (QED) is 0.755. The molecule has 0 radical (unpaired) electrons. The molecule has 0 unspecified atom stereocenters. The summed E-state index contributed by atoms with van der Waals surface area (Å²) in [5, 5.41) is 7.57. The third kappa shape index (κ3) is 2.51. The van der Waals surface area contributed by atoms with Crippen molar-refractivity contribution in [3.05, 3.63) is 38.2 Å². The van der Waals surface area contributed by atoms with Crippen molar-refractivity contribution in [2.75, 3.05) is 25.2 Å². The molecule has 3 aliphatic rings. The standard InChI is InChI=1S/C18H18BrN3O3S/c1-2-22-4-3-9-14(7-22)26-18-15(9)17(23)20-16(21-18)10-5-12-13(6-11(10)19)25-8-24-12/h5-6,16,21H,2-4,7-8H2,1H3,(H,20,23)/t16-/m0/s1. The molecule has 1 aromatic heterocycles. The number of rotatable bonds is 2. The summed E-state index contributed by atoms with van der Waals surface area (Å²) in [7, 11) is 0.